The van der Waals surface area contributed by atoms with Crippen LogP contribution in [-0.2, 0) is 6.61 Å². The average Bonchev–Trinajstić information content (AvgIpc) is 2.39. The minimum atomic E-state index is -0.296. The zero-order valence-corrected chi connectivity index (χ0v) is 12.4. The number of halogens is 2. The molecule has 0 saturated heterocycles. The Bertz CT molecular complexity index is 660. The van der Waals surface area contributed by atoms with Crippen LogP contribution in [0.3, 0.4) is 0 Å². The molecule has 0 bridgehead atoms. The maximum atomic E-state index is 13.2. The Morgan fingerprint density at radius 1 is 1.35 bits per heavy atom. The first-order valence-electron chi connectivity index (χ1n) is 5.95. The van der Waals surface area contributed by atoms with Gasteiger partial charge in [-0.3, -0.25) is 0 Å². The van der Waals surface area contributed by atoms with Crippen molar-refractivity contribution in [1.29, 1.82) is 0 Å². The Hall–Kier alpha value is -1.65. The van der Waals surface area contributed by atoms with Crippen LogP contribution in [0.5, 0.6) is 5.75 Å². The number of rotatable bonds is 4. The highest BCUT2D eigenvalue weighted by atomic mass is 35.5. The van der Waals surface area contributed by atoms with Gasteiger partial charge in [0.15, 0.2) is 0 Å². The van der Waals surface area contributed by atoms with Gasteiger partial charge in [0.2, 0.25) is 0 Å². The lowest BCUT2D eigenvalue weighted by Crippen LogP contribution is -2.12. The molecule has 0 aliphatic heterocycles. The fourth-order valence-corrected chi connectivity index (χ4v) is 2.35. The monoisotopic (exact) mass is 309 g/mol. The molecule has 0 aliphatic rings. The zero-order valence-electron chi connectivity index (χ0n) is 10.8. The van der Waals surface area contributed by atoms with Gasteiger partial charge in [-0.05, 0) is 42.3 Å². The maximum absolute atomic E-state index is 13.2. The van der Waals surface area contributed by atoms with E-state index < -0.39 is 0 Å². The van der Waals surface area contributed by atoms with Crippen molar-refractivity contribution in [3.63, 3.8) is 0 Å². The molecule has 0 fully saturated rings. The van der Waals surface area contributed by atoms with Crippen LogP contribution in [0.15, 0.2) is 36.4 Å². The van der Waals surface area contributed by atoms with Crippen molar-refractivity contribution in [3.8, 4) is 5.75 Å². The van der Waals surface area contributed by atoms with Gasteiger partial charge >= 0.3 is 0 Å². The molecule has 0 aliphatic carbocycles. The van der Waals surface area contributed by atoms with Crippen LogP contribution in [0.2, 0.25) is 5.02 Å². The van der Waals surface area contributed by atoms with E-state index in [0.717, 1.165) is 11.1 Å². The maximum Gasteiger partial charge on any atom is 0.131 e. The van der Waals surface area contributed by atoms with E-state index in [1.165, 1.54) is 12.1 Å². The third-order valence-corrected chi connectivity index (χ3v) is 3.44. The summed E-state index contributed by atoms with van der Waals surface area (Å²) in [5.74, 6) is 0.198. The summed E-state index contributed by atoms with van der Waals surface area (Å²) in [6.07, 6.45) is 0. The van der Waals surface area contributed by atoms with E-state index in [9.17, 15) is 4.39 Å². The smallest absolute Gasteiger partial charge is 0.131 e. The fraction of sp³-hybridized carbons (Fsp3) is 0.133. The Kier molecular flexibility index (Phi) is 4.57. The lowest BCUT2D eigenvalue weighted by molar-refractivity contribution is 0.304. The van der Waals surface area contributed by atoms with Crippen molar-refractivity contribution in [2.24, 2.45) is 5.73 Å². The van der Waals surface area contributed by atoms with Crippen LogP contribution in [0.1, 0.15) is 16.7 Å². The van der Waals surface area contributed by atoms with Gasteiger partial charge in [0.1, 0.15) is 23.2 Å². The van der Waals surface area contributed by atoms with Gasteiger partial charge in [0.25, 0.3) is 0 Å². The van der Waals surface area contributed by atoms with E-state index in [-0.39, 0.29) is 17.4 Å². The molecule has 2 aromatic carbocycles. The predicted molar refractivity (Wildman–Crippen MR) is 82.8 cm³/mol. The first kappa shape index (κ1) is 14.8. The number of thiocarbonyl (C=S) groups is 1. The zero-order chi connectivity index (χ0) is 14.7. The molecule has 0 atom stereocenters. The van der Waals surface area contributed by atoms with E-state index in [0.29, 0.717) is 16.3 Å². The summed E-state index contributed by atoms with van der Waals surface area (Å²) in [4.78, 5) is 0.168. The van der Waals surface area contributed by atoms with E-state index in [2.05, 4.69) is 0 Å². The molecule has 20 heavy (non-hydrogen) atoms. The van der Waals surface area contributed by atoms with Crippen LogP contribution in [-0.4, -0.2) is 4.99 Å². The van der Waals surface area contributed by atoms with Crippen LogP contribution in [0.4, 0.5) is 4.39 Å². The molecule has 0 radical (unpaired) electrons. The average molecular weight is 310 g/mol. The summed E-state index contributed by atoms with van der Waals surface area (Å²) in [6.45, 7) is 2.12. The van der Waals surface area contributed by atoms with Gasteiger partial charge in [-0.2, -0.15) is 0 Å². The van der Waals surface area contributed by atoms with E-state index in [1.807, 2.05) is 6.92 Å². The third-order valence-electron chi connectivity index (χ3n) is 2.92. The minimum absolute atomic E-state index is 0.168. The highest BCUT2D eigenvalue weighted by molar-refractivity contribution is 7.80. The van der Waals surface area contributed by atoms with Gasteiger partial charge in [-0.15, -0.1) is 0 Å². The molecule has 5 heteroatoms. The van der Waals surface area contributed by atoms with Crippen molar-refractivity contribution in [1.82, 2.24) is 0 Å². The second-order valence-corrected chi connectivity index (χ2v) is 5.18. The highest BCUT2D eigenvalue weighted by Crippen LogP contribution is 2.27. The lowest BCUT2D eigenvalue weighted by Gasteiger charge is -2.13. The molecule has 2 nitrogen and oxygen atoms in total. The molecule has 0 aromatic heterocycles. The Balaban J connectivity index is 2.25. The number of hydrogen-bond donors (Lipinski definition) is 1. The molecule has 2 aromatic rings. The minimum Gasteiger partial charge on any atom is -0.488 e. The summed E-state index contributed by atoms with van der Waals surface area (Å²) < 4.78 is 18.9. The highest BCUT2D eigenvalue weighted by Gasteiger charge is 2.11. The van der Waals surface area contributed by atoms with Crippen molar-refractivity contribution < 1.29 is 9.13 Å². The summed E-state index contributed by atoms with van der Waals surface area (Å²) >= 11 is 11.0. The van der Waals surface area contributed by atoms with E-state index in [4.69, 9.17) is 34.3 Å². The summed E-state index contributed by atoms with van der Waals surface area (Å²) in [5, 5.41) is 0.436. The van der Waals surface area contributed by atoms with E-state index >= 15 is 0 Å². The SMILES string of the molecule is Cc1ccc(F)cc1COc1cccc(Cl)c1C(N)=S. The lowest BCUT2D eigenvalue weighted by atomic mass is 10.1. The summed E-state index contributed by atoms with van der Waals surface area (Å²) in [5.41, 5.74) is 7.86. The molecule has 2 N–H and O–H groups in total. The topological polar surface area (TPSA) is 35.2 Å². The number of aryl methyl sites for hydroxylation is 1. The van der Waals surface area contributed by atoms with Crippen LogP contribution >= 0.6 is 23.8 Å². The molecular formula is C15H13ClFNOS. The molecular weight excluding hydrogens is 297 g/mol. The number of nitrogens with two attached hydrogens (primary N) is 1. The Morgan fingerprint density at radius 3 is 2.80 bits per heavy atom. The first-order valence-corrected chi connectivity index (χ1v) is 6.74. The molecule has 0 heterocycles. The number of hydrogen-bond acceptors (Lipinski definition) is 2. The summed E-state index contributed by atoms with van der Waals surface area (Å²) in [7, 11) is 0. The number of benzene rings is 2. The van der Waals surface area contributed by atoms with Crippen LogP contribution in [0, 0.1) is 12.7 Å². The second kappa shape index (κ2) is 6.20. The standard InChI is InChI=1S/C15H13ClFNOS/c1-9-5-6-11(17)7-10(9)8-19-13-4-2-3-12(16)14(13)15(18)20/h2-7H,8H2,1H3,(H2,18,20). The van der Waals surface area contributed by atoms with Crippen LogP contribution in [0.25, 0.3) is 0 Å². The van der Waals surface area contributed by atoms with E-state index in [1.54, 1.807) is 24.3 Å². The quantitative estimate of drug-likeness (QED) is 0.867. The normalized spacial score (nSPS) is 10.3. The van der Waals surface area contributed by atoms with Crippen molar-refractivity contribution in [2.75, 3.05) is 0 Å². The Morgan fingerprint density at radius 2 is 2.10 bits per heavy atom. The van der Waals surface area contributed by atoms with Crippen molar-refractivity contribution in [2.45, 2.75) is 13.5 Å². The van der Waals surface area contributed by atoms with Gasteiger partial charge in [0, 0.05) is 0 Å². The second-order valence-electron chi connectivity index (χ2n) is 4.34. The van der Waals surface area contributed by atoms with Gasteiger partial charge in [0.05, 0.1) is 10.6 Å². The van der Waals surface area contributed by atoms with Crippen molar-refractivity contribution in [3.05, 3.63) is 63.9 Å². The molecule has 0 saturated carbocycles. The predicted octanol–water partition coefficient (Wildman–Crippen LogP) is 4.00. The third kappa shape index (κ3) is 3.26. The van der Waals surface area contributed by atoms with Crippen molar-refractivity contribution >= 4 is 28.8 Å². The van der Waals surface area contributed by atoms with Gasteiger partial charge in [-0.1, -0.05) is 36.0 Å². The molecule has 104 valence electrons. The summed E-state index contributed by atoms with van der Waals surface area (Å²) in [6, 6.07) is 9.74. The molecule has 0 spiro atoms. The number of ether oxygens (including phenoxy) is 1. The first-order chi connectivity index (χ1) is 9.49. The molecule has 0 amide bonds. The largest absolute Gasteiger partial charge is 0.488 e. The van der Waals surface area contributed by atoms with Gasteiger partial charge in [-0.25, -0.2) is 4.39 Å². The van der Waals surface area contributed by atoms with Gasteiger partial charge < -0.3 is 10.5 Å². The Labute approximate surface area is 127 Å². The molecule has 2 rings (SSSR count). The molecule has 0 unspecified atom stereocenters. The fourth-order valence-electron chi connectivity index (χ4n) is 1.81. The van der Waals surface area contributed by atoms with Crippen LogP contribution < -0.4 is 10.5 Å².